The normalized spacial score (nSPS) is 28.2. The molecular weight excluding hydrogens is 176 g/mol. The van der Waals surface area contributed by atoms with Crippen LogP contribution in [0.25, 0.3) is 0 Å². The second-order valence-corrected chi connectivity index (χ2v) is 4.71. The highest BCUT2D eigenvalue weighted by Crippen LogP contribution is 2.07. The molecule has 0 saturated carbocycles. The van der Waals surface area contributed by atoms with Gasteiger partial charge in [0.25, 0.3) is 0 Å². The van der Waals surface area contributed by atoms with E-state index in [0.717, 1.165) is 0 Å². The fraction of sp³-hybridized carbons (Fsp3) is 0.571. The molecule has 0 aromatic rings. The minimum Gasteiger partial charge on any atom is -0.295 e. The zero-order chi connectivity index (χ0) is 9.19. The molecule has 5 heteroatoms. The first-order valence-electron chi connectivity index (χ1n) is 3.60. The molecular formula is C7H10N2O2S. The van der Waals surface area contributed by atoms with Crippen LogP contribution in [0, 0.1) is 11.3 Å². The molecule has 1 aliphatic rings. The number of sulfone groups is 1. The van der Waals surface area contributed by atoms with E-state index in [1.54, 1.807) is 13.0 Å². The SMILES string of the molecule is CC(C#N)NC1C=CS(=O)(=O)C1. The lowest BCUT2D eigenvalue weighted by atomic mass is 10.3. The van der Waals surface area contributed by atoms with Gasteiger partial charge in [-0.1, -0.05) is 6.08 Å². The van der Waals surface area contributed by atoms with Crippen LogP contribution in [0.5, 0.6) is 0 Å². The van der Waals surface area contributed by atoms with E-state index >= 15 is 0 Å². The minimum atomic E-state index is -3.00. The van der Waals surface area contributed by atoms with Gasteiger partial charge in [0.05, 0.1) is 17.9 Å². The Hall–Kier alpha value is -0.860. The molecule has 1 N–H and O–H groups in total. The molecule has 2 unspecified atom stereocenters. The summed E-state index contributed by atoms with van der Waals surface area (Å²) in [5.74, 6) is 0.0685. The van der Waals surface area contributed by atoms with Crippen LogP contribution >= 0.6 is 0 Å². The number of hydrogen-bond donors (Lipinski definition) is 1. The summed E-state index contributed by atoms with van der Waals surface area (Å²) < 4.78 is 21.8. The van der Waals surface area contributed by atoms with Crippen molar-refractivity contribution in [2.24, 2.45) is 0 Å². The molecule has 1 rings (SSSR count). The van der Waals surface area contributed by atoms with Gasteiger partial charge in [-0.15, -0.1) is 0 Å². The maximum absolute atomic E-state index is 10.9. The van der Waals surface area contributed by atoms with Crippen molar-refractivity contribution in [1.29, 1.82) is 5.26 Å². The topological polar surface area (TPSA) is 70.0 Å². The molecule has 4 nitrogen and oxygen atoms in total. The fourth-order valence-corrected chi connectivity index (χ4v) is 2.29. The first-order chi connectivity index (χ1) is 5.53. The molecule has 0 fully saturated rings. The first-order valence-corrected chi connectivity index (χ1v) is 5.32. The smallest absolute Gasteiger partial charge is 0.173 e. The summed E-state index contributed by atoms with van der Waals surface area (Å²) in [7, 11) is -3.00. The Balaban J connectivity index is 2.52. The van der Waals surface area contributed by atoms with Crippen LogP contribution in [0.3, 0.4) is 0 Å². The van der Waals surface area contributed by atoms with Crippen LogP contribution in [-0.4, -0.2) is 26.3 Å². The molecule has 0 amide bonds. The third-order valence-corrected chi connectivity index (χ3v) is 2.98. The van der Waals surface area contributed by atoms with Crippen LogP contribution in [0.4, 0.5) is 0 Å². The monoisotopic (exact) mass is 186 g/mol. The standard InChI is InChI=1S/C7H10N2O2S/c1-6(4-8)9-7-2-3-12(10,11)5-7/h2-3,6-7,9H,5H2,1H3. The van der Waals surface area contributed by atoms with Gasteiger partial charge in [0.15, 0.2) is 9.84 Å². The molecule has 1 aliphatic heterocycles. The van der Waals surface area contributed by atoms with Crippen molar-refractivity contribution < 1.29 is 8.42 Å². The van der Waals surface area contributed by atoms with E-state index in [4.69, 9.17) is 5.26 Å². The Morgan fingerprint density at radius 2 is 2.42 bits per heavy atom. The van der Waals surface area contributed by atoms with Crippen molar-refractivity contribution in [1.82, 2.24) is 5.32 Å². The Labute approximate surface area is 71.8 Å². The summed E-state index contributed by atoms with van der Waals surface area (Å²) in [4.78, 5) is 0. The van der Waals surface area contributed by atoms with Gasteiger partial charge >= 0.3 is 0 Å². The molecule has 12 heavy (non-hydrogen) atoms. The van der Waals surface area contributed by atoms with Crippen LogP contribution in [0.2, 0.25) is 0 Å². The van der Waals surface area contributed by atoms with Crippen molar-refractivity contribution in [3.05, 3.63) is 11.5 Å². The van der Waals surface area contributed by atoms with Gasteiger partial charge in [0, 0.05) is 11.4 Å². The lowest BCUT2D eigenvalue weighted by Crippen LogP contribution is -2.36. The maximum atomic E-state index is 10.9. The molecule has 1 heterocycles. The lowest BCUT2D eigenvalue weighted by molar-refractivity contribution is 0.577. The summed E-state index contributed by atoms with van der Waals surface area (Å²) in [6, 6.07) is 1.46. The third-order valence-electron chi connectivity index (χ3n) is 1.59. The maximum Gasteiger partial charge on any atom is 0.173 e. The van der Waals surface area contributed by atoms with E-state index < -0.39 is 9.84 Å². The molecule has 0 bridgehead atoms. The average Bonchev–Trinajstić information content (AvgIpc) is 2.30. The van der Waals surface area contributed by atoms with Crippen molar-refractivity contribution in [2.45, 2.75) is 19.0 Å². The molecule has 0 radical (unpaired) electrons. The van der Waals surface area contributed by atoms with Crippen molar-refractivity contribution in [3.8, 4) is 6.07 Å². The number of nitrogens with zero attached hydrogens (tertiary/aromatic N) is 1. The highest BCUT2D eigenvalue weighted by Gasteiger charge is 2.22. The summed E-state index contributed by atoms with van der Waals surface area (Å²) in [6.07, 6.45) is 1.57. The van der Waals surface area contributed by atoms with Gasteiger partial charge in [-0.2, -0.15) is 5.26 Å². The fourth-order valence-electron chi connectivity index (χ4n) is 1.04. The van der Waals surface area contributed by atoms with E-state index in [0.29, 0.717) is 0 Å². The summed E-state index contributed by atoms with van der Waals surface area (Å²) in [6.45, 7) is 1.69. The second-order valence-electron chi connectivity index (χ2n) is 2.78. The molecule has 0 aromatic carbocycles. The highest BCUT2D eigenvalue weighted by atomic mass is 32.2. The van der Waals surface area contributed by atoms with E-state index in [1.165, 1.54) is 5.41 Å². The van der Waals surface area contributed by atoms with Crippen molar-refractivity contribution >= 4 is 9.84 Å². The molecule has 0 spiro atoms. The van der Waals surface area contributed by atoms with Gasteiger partial charge in [-0.05, 0) is 6.92 Å². The number of nitrogens with one attached hydrogen (secondary N) is 1. The largest absolute Gasteiger partial charge is 0.295 e. The first kappa shape index (κ1) is 9.23. The van der Waals surface area contributed by atoms with Crippen molar-refractivity contribution in [3.63, 3.8) is 0 Å². The lowest BCUT2D eigenvalue weighted by Gasteiger charge is -2.10. The minimum absolute atomic E-state index is 0.0685. The zero-order valence-corrected chi connectivity index (χ0v) is 7.50. The molecule has 66 valence electrons. The van der Waals surface area contributed by atoms with Crippen LogP contribution in [-0.2, 0) is 9.84 Å². The Kier molecular flexibility index (Phi) is 2.50. The molecule has 0 saturated heterocycles. The van der Waals surface area contributed by atoms with Gasteiger partial charge in [-0.25, -0.2) is 8.42 Å². The quantitative estimate of drug-likeness (QED) is 0.648. The van der Waals surface area contributed by atoms with Crippen LogP contribution in [0.15, 0.2) is 11.5 Å². The van der Waals surface area contributed by atoms with Gasteiger partial charge in [0.2, 0.25) is 0 Å². The van der Waals surface area contributed by atoms with Gasteiger partial charge < -0.3 is 0 Å². The predicted molar refractivity (Wildman–Crippen MR) is 44.9 cm³/mol. The van der Waals surface area contributed by atoms with E-state index in [1.807, 2.05) is 6.07 Å². The summed E-state index contributed by atoms with van der Waals surface area (Å²) in [5, 5.41) is 12.5. The van der Waals surface area contributed by atoms with Crippen molar-refractivity contribution in [2.75, 3.05) is 5.75 Å². The Morgan fingerprint density at radius 3 is 2.83 bits per heavy atom. The average molecular weight is 186 g/mol. The van der Waals surface area contributed by atoms with E-state index in [9.17, 15) is 8.42 Å². The third kappa shape index (κ3) is 2.32. The molecule has 0 aromatic heterocycles. The van der Waals surface area contributed by atoms with Gasteiger partial charge in [0.1, 0.15) is 0 Å². The van der Waals surface area contributed by atoms with Crippen LogP contribution in [0.1, 0.15) is 6.92 Å². The van der Waals surface area contributed by atoms with Gasteiger partial charge in [-0.3, -0.25) is 5.32 Å². The number of nitriles is 1. The summed E-state index contributed by atoms with van der Waals surface area (Å²) >= 11 is 0. The number of hydrogen-bond acceptors (Lipinski definition) is 4. The van der Waals surface area contributed by atoms with Crippen LogP contribution < -0.4 is 5.32 Å². The Bertz CT molecular complexity index is 326. The summed E-state index contributed by atoms with van der Waals surface area (Å²) in [5.41, 5.74) is 0. The van der Waals surface area contributed by atoms with E-state index in [2.05, 4.69) is 5.32 Å². The number of rotatable bonds is 2. The molecule has 2 atom stereocenters. The second kappa shape index (κ2) is 3.25. The Morgan fingerprint density at radius 1 is 1.75 bits per heavy atom. The van der Waals surface area contributed by atoms with E-state index in [-0.39, 0.29) is 17.8 Å². The highest BCUT2D eigenvalue weighted by molar-refractivity contribution is 7.94. The zero-order valence-electron chi connectivity index (χ0n) is 6.69. The predicted octanol–water partition coefficient (Wildman–Crippen LogP) is -0.201. The molecule has 0 aliphatic carbocycles.